The normalized spacial score (nSPS) is 10.0. The van der Waals surface area contributed by atoms with Crippen molar-refractivity contribution >= 4 is 79.0 Å². The van der Waals surface area contributed by atoms with Gasteiger partial charge in [-0.15, -0.1) is 22.7 Å². The maximum atomic E-state index is 12.7. The van der Waals surface area contributed by atoms with Crippen LogP contribution in [0.15, 0.2) is 52.2 Å². The van der Waals surface area contributed by atoms with E-state index in [-0.39, 0.29) is 11.5 Å². The Balaban J connectivity index is 0.000000714. The smallest absolute Gasteiger partial charge is 0.339 e. The van der Waals surface area contributed by atoms with Gasteiger partial charge in [0.2, 0.25) is 0 Å². The third-order valence-electron chi connectivity index (χ3n) is 4.28. The molecule has 0 atom stereocenters. The lowest BCUT2D eigenvalue weighted by Crippen LogP contribution is -2.12. The standard InChI is InChI=1S/C19H14BrN3O3S2.C2H4S.C2H6/c1-9-12-7-14(28-18(12)23(2)22-9)17(24)21-13-8-27-16(15(13)19(25)26)10-3-5-11(20)6-4-10;1-2-3;1-2/h3-8H,1-2H3,(H,21,24)(H,25,26);2-3H,1H2;1-2H3. The zero-order valence-electron chi connectivity index (χ0n) is 18.5. The number of carbonyl (C=O) groups is 2. The van der Waals surface area contributed by atoms with Crippen LogP contribution in [0.25, 0.3) is 20.7 Å². The Labute approximate surface area is 214 Å². The van der Waals surface area contributed by atoms with Gasteiger partial charge in [0.05, 0.1) is 21.1 Å². The predicted molar refractivity (Wildman–Crippen MR) is 146 cm³/mol. The summed E-state index contributed by atoms with van der Waals surface area (Å²) in [5.41, 5.74) is 2.04. The minimum Gasteiger partial charge on any atom is -0.478 e. The van der Waals surface area contributed by atoms with E-state index in [1.165, 1.54) is 28.1 Å². The zero-order chi connectivity index (χ0) is 24.7. The average Bonchev–Trinajstić information content (AvgIpc) is 3.47. The average molecular weight is 567 g/mol. The van der Waals surface area contributed by atoms with Crippen LogP contribution < -0.4 is 5.32 Å². The van der Waals surface area contributed by atoms with Crippen molar-refractivity contribution in [2.45, 2.75) is 20.8 Å². The highest BCUT2D eigenvalue weighted by Gasteiger charge is 2.22. The molecule has 6 nitrogen and oxygen atoms in total. The summed E-state index contributed by atoms with van der Waals surface area (Å²) in [7, 11) is 1.83. The van der Waals surface area contributed by atoms with E-state index in [1.54, 1.807) is 16.1 Å². The summed E-state index contributed by atoms with van der Waals surface area (Å²) in [6.45, 7) is 9.12. The van der Waals surface area contributed by atoms with Gasteiger partial charge < -0.3 is 10.4 Å². The van der Waals surface area contributed by atoms with Gasteiger partial charge in [0.25, 0.3) is 5.91 Å². The second-order valence-corrected chi connectivity index (χ2v) is 9.53. The first kappa shape index (κ1) is 26.8. The van der Waals surface area contributed by atoms with E-state index < -0.39 is 5.97 Å². The van der Waals surface area contributed by atoms with Crippen LogP contribution in [0.3, 0.4) is 0 Å². The highest BCUT2D eigenvalue weighted by molar-refractivity contribution is 9.10. The van der Waals surface area contributed by atoms with Gasteiger partial charge in [-0.2, -0.15) is 17.7 Å². The molecule has 0 bridgehead atoms. The number of hydrogen-bond acceptors (Lipinski definition) is 6. The number of nitrogens with zero attached hydrogens (tertiary/aromatic N) is 2. The number of amides is 1. The van der Waals surface area contributed by atoms with Gasteiger partial charge in [-0.25, -0.2) is 4.79 Å². The number of hydrogen-bond donors (Lipinski definition) is 3. The third-order valence-corrected chi connectivity index (χ3v) is 7.04. The number of halogens is 1. The highest BCUT2D eigenvalue weighted by Crippen LogP contribution is 2.37. The molecule has 0 saturated heterocycles. The summed E-state index contributed by atoms with van der Waals surface area (Å²) in [5.74, 6) is -1.41. The summed E-state index contributed by atoms with van der Waals surface area (Å²) < 4.78 is 2.65. The molecule has 0 aliphatic heterocycles. The van der Waals surface area contributed by atoms with Crippen LogP contribution in [-0.4, -0.2) is 26.8 Å². The summed E-state index contributed by atoms with van der Waals surface area (Å²) in [4.78, 5) is 26.7. The van der Waals surface area contributed by atoms with E-state index in [4.69, 9.17) is 0 Å². The molecule has 0 radical (unpaired) electrons. The third kappa shape index (κ3) is 6.14. The minimum absolute atomic E-state index is 0.0969. The molecular formula is C23H24BrN3O3S3. The predicted octanol–water partition coefficient (Wildman–Crippen LogP) is 7.47. The number of anilines is 1. The van der Waals surface area contributed by atoms with Gasteiger partial charge in [-0.3, -0.25) is 9.48 Å². The topological polar surface area (TPSA) is 84.2 Å². The molecule has 0 saturated carbocycles. The first-order chi connectivity index (χ1) is 15.8. The number of aryl methyl sites for hydroxylation is 2. The van der Waals surface area contributed by atoms with Crippen molar-refractivity contribution in [3.8, 4) is 10.4 Å². The SMILES string of the molecule is C=CS.CC.Cc1nn(C)c2sc(C(=O)Nc3csc(-c4ccc(Br)cc4)c3C(=O)O)cc12. The molecule has 33 heavy (non-hydrogen) atoms. The number of benzene rings is 1. The Hall–Kier alpha value is -2.40. The molecule has 4 rings (SSSR count). The molecular weight excluding hydrogens is 542 g/mol. The molecule has 0 spiro atoms. The van der Waals surface area contributed by atoms with Gasteiger partial charge in [-0.1, -0.05) is 48.5 Å². The number of nitrogens with one attached hydrogen (secondary N) is 1. The molecule has 174 valence electrons. The van der Waals surface area contributed by atoms with Crippen molar-refractivity contribution in [2.75, 3.05) is 5.32 Å². The molecule has 0 fully saturated rings. The van der Waals surface area contributed by atoms with Crippen LogP contribution in [0.4, 0.5) is 5.69 Å². The van der Waals surface area contributed by atoms with Crippen molar-refractivity contribution in [3.05, 3.63) is 68.3 Å². The minimum atomic E-state index is -1.08. The van der Waals surface area contributed by atoms with Crippen LogP contribution in [0, 0.1) is 6.92 Å². The number of rotatable bonds is 4. The van der Waals surface area contributed by atoms with E-state index >= 15 is 0 Å². The summed E-state index contributed by atoms with van der Waals surface area (Å²) >= 11 is 9.55. The number of aromatic carboxylic acids is 1. The number of carbonyl (C=O) groups excluding carboxylic acids is 1. The molecule has 0 aliphatic carbocycles. The number of thiophene rings is 2. The summed E-state index contributed by atoms with van der Waals surface area (Å²) in [6.07, 6.45) is 0. The summed E-state index contributed by atoms with van der Waals surface area (Å²) in [5, 5.41) is 20.9. The first-order valence-electron chi connectivity index (χ1n) is 9.87. The maximum Gasteiger partial charge on any atom is 0.339 e. The lowest BCUT2D eigenvalue weighted by atomic mass is 10.1. The Morgan fingerprint density at radius 2 is 1.88 bits per heavy atom. The van der Waals surface area contributed by atoms with Crippen LogP contribution in [-0.2, 0) is 7.05 Å². The Kier molecular flexibility index (Phi) is 9.90. The van der Waals surface area contributed by atoms with Gasteiger partial charge in [-0.05, 0) is 36.1 Å². The molecule has 2 N–H and O–H groups in total. The Bertz CT molecular complexity index is 1240. The van der Waals surface area contributed by atoms with E-state index in [0.29, 0.717) is 15.4 Å². The molecule has 1 aromatic carbocycles. The number of fused-ring (bicyclic) bond motifs is 1. The number of thiol groups is 1. The highest BCUT2D eigenvalue weighted by atomic mass is 79.9. The van der Waals surface area contributed by atoms with Crippen LogP contribution >= 0.6 is 51.2 Å². The van der Waals surface area contributed by atoms with E-state index in [1.807, 2.05) is 52.1 Å². The lowest BCUT2D eigenvalue weighted by molar-refractivity contribution is 0.0699. The van der Waals surface area contributed by atoms with Crippen LogP contribution in [0.5, 0.6) is 0 Å². The molecule has 3 heterocycles. The van der Waals surface area contributed by atoms with Gasteiger partial charge in [0, 0.05) is 22.3 Å². The maximum absolute atomic E-state index is 12.7. The second-order valence-electron chi connectivity index (χ2n) is 6.34. The fourth-order valence-corrected chi connectivity index (χ4v) is 5.26. The fraction of sp³-hybridized carbons (Fsp3) is 0.174. The molecule has 3 aromatic heterocycles. The molecule has 0 aliphatic rings. The fourth-order valence-electron chi connectivity index (χ4n) is 2.98. The largest absolute Gasteiger partial charge is 0.478 e. The lowest BCUT2D eigenvalue weighted by Gasteiger charge is -2.05. The van der Waals surface area contributed by atoms with Crippen molar-refractivity contribution < 1.29 is 14.7 Å². The van der Waals surface area contributed by atoms with E-state index in [0.717, 1.165) is 25.9 Å². The Morgan fingerprint density at radius 3 is 2.42 bits per heavy atom. The second kappa shape index (κ2) is 12.2. The molecule has 0 unspecified atom stereocenters. The van der Waals surface area contributed by atoms with Crippen molar-refractivity contribution in [1.29, 1.82) is 0 Å². The zero-order valence-corrected chi connectivity index (χ0v) is 22.7. The summed E-state index contributed by atoms with van der Waals surface area (Å²) in [6, 6.07) is 9.19. The van der Waals surface area contributed by atoms with Crippen molar-refractivity contribution in [1.82, 2.24) is 9.78 Å². The van der Waals surface area contributed by atoms with Crippen molar-refractivity contribution in [2.24, 2.45) is 7.05 Å². The number of carboxylic acids is 1. The number of carboxylic acid groups (broad SMARTS) is 1. The van der Waals surface area contributed by atoms with E-state index in [9.17, 15) is 14.7 Å². The quantitative estimate of drug-likeness (QED) is 0.224. The number of aromatic nitrogens is 2. The first-order valence-corrected chi connectivity index (χ1v) is 12.9. The molecule has 1 amide bonds. The Morgan fingerprint density at radius 1 is 1.27 bits per heavy atom. The van der Waals surface area contributed by atoms with Gasteiger partial charge >= 0.3 is 5.97 Å². The van der Waals surface area contributed by atoms with Gasteiger partial charge in [0.15, 0.2) is 0 Å². The van der Waals surface area contributed by atoms with Gasteiger partial charge in [0.1, 0.15) is 10.4 Å². The van der Waals surface area contributed by atoms with E-state index in [2.05, 4.69) is 45.6 Å². The molecule has 4 aromatic rings. The molecule has 10 heteroatoms. The van der Waals surface area contributed by atoms with Crippen LogP contribution in [0.2, 0.25) is 0 Å². The van der Waals surface area contributed by atoms with Crippen LogP contribution in [0.1, 0.15) is 39.6 Å². The van der Waals surface area contributed by atoms with Crippen molar-refractivity contribution in [3.63, 3.8) is 0 Å². The monoisotopic (exact) mass is 565 g/mol.